The summed E-state index contributed by atoms with van der Waals surface area (Å²) in [5.41, 5.74) is 1.96. The lowest BCUT2D eigenvalue weighted by Crippen LogP contribution is -2.32. The number of piperidine rings is 1. The van der Waals surface area contributed by atoms with Gasteiger partial charge in [0.05, 0.1) is 11.8 Å². The third-order valence-corrected chi connectivity index (χ3v) is 5.22. The van der Waals surface area contributed by atoms with E-state index in [9.17, 15) is 13.2 Å². The van der Waals surface area contributed by atoms with Gasteiger partial charge >= 0.3 is 0 Å². The molecule has 0 saturated carbocycles. The first-order chi connectivity index (χ1) is 12.4. The summed E-state index contributed by atoms with van der Waals surface area (Å²) in [6.07, 6.45) is 5.22. The maximum atomic E-state index is 12.3. The van der Waals surface area contributed by atoms with Gasteiger partial charge in [-0.05, 0) is 36.6 Å². The zero-order valence-electron chi connectivity index (χ0n) is 14.8. The van der Waals surface area contributed by atoms with Crippen LogP contribution < -0.4 is 10.6 Å². The maximum Gasteiger partial charge on any atom is 0.272 e. The van der Waals surface area contributed by atoms with Crippen molar-refractivity contribution in [3.05, 3.63) is 53.3 Å². The van der Waals surface area contributed by atoms with Crippen molar-refractivity contribution < 1.29 is 13.2 Å². The molecule has 2 N–H and O–H groups in total. The lowest BCUT2D eigenvalue weighted by Gasteiger charge is -2.22. The largest absolute Gasteiger partial charge is 0.347 e. The van der Waals surface area contributed by atoms with Crippen LogP contribution in [-0.4, -0.2) is 43.5 Å². The van der Waals surface area contributed by atoms with Gasteiger partial charge in [-0.1, -0.05) is 24.3 Å². The predicted molar refractivity (Wildman–Crippen MR) is 99.5 cm³/mol. The number of carbonyl (C=O) groups is 1. The zero-order chi connectivity index (χ0) is 18.6. The van der Waals surface area contributed by atoms with Crippen LogP contribution in [0.4, 0.5) is 0 Å². The Kier molecular flexibility index (Phi) is 5.73. The van der Waals surface area contributed by atoms with Crippen LogP contribution in [0.2, 0.25) is 0 Å². The van der Waals surface area contributed by atoms with Crippen LogP contribution in [0.25, 0.3) is 0 Å². The second-order valence-electron chi connectivity index (χ2n) is 6.75. The van der Waals surface area contributed by atoms with Crippen molar-refractivity contribution >= 4 is 15.7 Å². The molecule has 0 aliphatic carbocycles. The van der Waals surface area contributed by atoms with E-state index in [1.54, 1.807) is 24.3 Å². The van der Waals surface area contributed by atoms with Gasteiger partial charge in [0.1, 0.15) is 5.69 Å². The van der Waals surface area contributed by atoms with Crippen LogP contribution >= 0.6 is 0 Å². The topological polar surface area (TPSA) is 93.1 Å². The van der Waals surface area contributed by atoms with Crippen LogP contribution in [0, 0.1) is 0 Å². The maximum absolute atomic E-state index is 12.3. The Labute approximate surface area is 153 Å². The summed E-state index contributed by atoms with van der Waals surface area (Å²) in [6, 6.07) is 9.24. The van der Waals surface area contributed by atoms with Gasteiger partial charge in [0, 0.05) is 25.5 Å². The van der Waals surface area contributed by atoms with Crippen molar-refractivity contribution in [3.8, 4) is 0 Å². The molecule has 1 aromatic heterocycles. The third-order valence-electron chi connectivity index (χ3n) is 4.36. The number of rotatable bonds is 6. The van der Waals surface area contributed by atoms with Gasteiger partial charge < -0.3 is 10.6 Å². The number of nitrogens with one attached hydrogen (secondary N) is 2. The van der Waals surface area contributed by atoms with Gasteiger partial charge in [-0.15, -0.1) is 0 Å². The SMILES string of the molecule is CS(=O)(=O)Cc1cccc(CNC(=O)c2ccn(C3CCCNC3)n2)c1. The molecule has 0 radical (unpaired) electrons. The number of nitrogens with zero attached hydrogens (tertiary/aromatic N) is 2. The molecule has 0 spiro atoms. The number of aromatic nitrogens is 2. The van der Waals surface area contributed by atoms with E-state index >= 15 is 0 Å². The molecule has 1 atom stereocenters. The van der Waals surface area contributed by atoms with E-state index < -0.39 is 9.84 Å². The fourth-order valence-corrected chi connectivity index (χ4v) is 3.91. The summed E-state index contributed by atoms with van der Waals surface area (Å²) in [4.78, 5) is 12.3. The highest BCUT2D eigenvalue weighted by Gasteiger charge is 2.17. The second-order valence-corrected chi connectivity index (χ2v) is 8.89. The molecular weight excluding hydrogens is 352 g/mol. The van der Waals surface area contributed by atoms with Gasteiger partial charge in [-0.25, -0.2) is 8.42 Å². The molecule has 26 heavy (non-hydrogen) atoms. The van der Waals surface area contributed by atoms with E-state index in [1.807, 2.05) is 16.9 Å². The van der Waals surface area contributed by atoms with Crippen LogP contribution in [0.15, 0.2) is 36.5 Å². The van der Waals surface area contributed by atoms with Crippen molar-refractivity contribution in [2.24, 2.45) is 0 Å². The average molecular weight is 376 g/mol. The molecule has 7 nitrogen and oxygen atoms in total. The number of amides is 1. The second kappa shape index (κ2) is 8.01. The summed E-state index contributed by atoms with van der Waals surface area (Å²) in [7, 11) is -3.08. The van der Waals surface area contributed by atoms with Gasteiger partial charge in [0.15, 0.2) is 9.84 Å². The Bertz CT molecular complexity index is 870. The zero-order valence-corrected chi connectivity index (χ0v) is 15.6. The molecule has 2 heterocycles. The van der Waals surface area contributed by atoms with Crippen LogP contribution in [0.1, 0.15) is 40.5 Å². The van der Waals surface area contributed by atoms with Gasteiger partial charge in [-0.3, -0.25) is 9.48 Å². The lowest BCUT2D eigenvalue weighted by molar-refractivity contribution is 0.0944. The molecule has 1 saturated heterocycles. The molecular formula is C18H24N4O3S. The number of benzene rings is 1. The Morgan fingerprint density at radius 1 is 1.35 bits per heavy atom. The van der Waals surface area contributed by atoms with Crippen LogP contribution in [0.3, 0.4) is 0 Å². The van der Waals surface area contributed by atoms with Gasteiger partial charge in [-0.2, -0.15) is 5.10 Å². The molecule has 140 valence electrons. The van der Waals surface area contributed by atoms with Crippen molar-refractivity contribution in [3.63, 3.8) is 0 Å². The molecule has 2 aromatic rings. The Hall–Kier alpha value is -2.19. The van der Waals surface area contributed by atoms with E-state index in [0.717, 1.165) is 31.5 Å². The summed E-state index contributed by atoms with van der Waals surface area (Å²) in [5.74, 6) is -0.240. The van der Waals surface area contributed by atoms with E-state index in [-0.39, 0.29) is 17.7 Å². The molecule has 1 aliphatic heterocycles. The first-order valence-corrected chi connectivity index (χ1v) is 10.8. The molecule has 3 rings (SSSR count). The Morgan fingerprint density at radius 3 is 2.88 bits per heavy atom. The number of carbonyl (C=O) groups excluding carboxylic acids is 1. The fourth-order valence-electron chi connectivity index (χ4n) is 3.13. The number of hydrogen-bond acceptors (Lipinski definition) is 5. The fraction of sp³-hybridized carbons (Fsp3) is 0.444. The smallest absolute Gasteiger partial charge is 0.272 e. The first-order valence-electron chi connectivity index (χ1n) is 8.70. The van der Waals surface area contributed by atoms with Crippen molar-refractivity contribution in [1.29, 1.82) is 0 Å². The summed E-state index contributed by atoms with van der Waals surface area (Å²) in [5, 5.41) is 10.6. The molecule has 1 aromatic carbocycles. The molecule has 1 fully saturated rings. The number of hydrogen-bond donors (Lipinski definition) is 2. The highest BCUT2D eigenvalue weighted by Crippen LogP contribution is 2.16. The molecule has 1 unspecified atom stereocenters. The predicted octanol–water partition coefficient (Wildman–Crippen LogP) is 1.28. The van der Waals surface area contributed by atoms with Crippen LogP contribution in [-0.2, 0) is 22.1 Å². The van der Waals surface area contributed by atoms with E-state index in [1.165, 1.54) is 6.26 Å². The molecule has 8 heteroatoms. The Morgan fingerprint density at radius 2 is 2.15 bits per heavy atom. The summed E-state index contributed by atoms with van der Waals surface area (Å²) >= 11 is 0. The standard InChI is InChI=1S/C18H24N4O3S/c1-26(24,25)13-15-5-2-4-14(10-15)11-20-18(23)17-7-9-22(21-17)16-6-3-8-19-12-16/h2,4-5,7,9-10,16,19H,3,6,8,11-13H2,1H3,(H,20,23). The van der Waals surface area contributed by atoms with Crippen molar-refractivity contribution in [2.45, 2.75) is 31.2 Å². The highest BCUT2D eigenvalue weighted by molar-refractivity contribution is 7.89. The third kappa shape index (κ3) is 5.15. The normalized spacial score (nSPS) is 17.8. The minimum absolute atomic E-state index is 0.00534. The molecule has 1 amide bonds. The average Bonchev–Trinajstić information content (AvgIpc) is 3.09. The minimum Gasteiger partial charge on any atom is -0.347 e. The van der Waals surface area contributed by atoms with Crippen molar-refractivity contribution in [1.82, 2.24) is 20.4 Å². The summed E-state index contributed by atoms with van der Waals surface area (Å²) < 4.78 is 24.7. The van der Waals surface area contributed by atoms with E-state index in [2.05, 4.69) is 15.7 Å². The first kappa shape index (κ1) is 18.6. The van der Waals surface area contributed by atoms with E-state index in [4.69, 9.17) is 0 Å². The van der Waals surface area contributed by atoms with E-state index in [0.29, 0.717) is 17.8 Å². The van der Waals surface area contributed by atoms with Gasteiger partial charge in [0.25, 0.3) is 5.91 Å². The van der Waals surface area contributed by atoms with Gasteiger partial charge in [0.2, 0.25) is 0 Å². The van der Waals surface area contributed by atoms with Crippen molar-refractivity contribution in [2.75, 3.05) is 19.3 Å². The highest BCUT2D eigenvalue weighted by atomic mass is 32.2. The molecule has 0 bridgehead atoms. The lowest BCUT2D eigenvalue weighted by atomic mass is 10.1. The minimum atomic E-state index is -3.08. The quantitative estimate of drug-likeness (QED) is 0.792. The summed E-state index contributed by atoms with van der Waals surface area (Å²) in [6.45, 7) is 2.23. The number of sulfone groups is 1. The van der Waals surface area contributed by atoms with Crippen LogP contribution in [0.5, 0.6) is 0 Å². The Balaban J connectivity index is 1.59. The molecule has 1 aliphatic rings. The monoisotopic (exact) mass is 376 g/mol.